The summed E-state index contributed by atoms with van der Waals surface area (Å²) >= 11 is 0. The van der Waals surface area contributed by atoms with Gasteiger partial charge >= 0.3 is 11.9 Å². The summed E-state index contributed by atoms with van der Waals surface area (Å²) in [6, 6.07) is 10.9. The summed E-state index contributed by atoms with van der Waals surface area (Å²) in [6.07, 6.45) is 0.681. The van der Waals surface area contributed by atoms with Crippen LogP contribution in [0.25, 0.3) is 33.5 Å². The van der Waals surface area contributed by atoms with Crippen molar-refractivity contribution in [2.24, 2.45) is 5.73 Å². The lowest BCUT2D eigenvalue weighted by Gasteiger charge is -2.17. The molecule has 4 rings (SSSR count). The number of carboxylic acid groups (broad SMARTS) is 1. The van der Waals surface area contributed by atoms with Gasteiger partial charge in [-0.2, -0.15) is 0 Å². The maximum Gasteiger partial charge on any atom is 0.311 e. The van der Waals surface area contributed by atoms with Crippen molar-refractivity contribution in [3.63, 3.8) is 0 Å². The lowest BCUT2D eigenvalue weighted by molar-refractivity contribution is -0.148. The number of hydrogen-bond donors (Lipinski definition) is 6. The van der Waals surface area contributed by atoms with Crippen molar-refractivity contribution >= 4 is 29.2 Å². The van der Waals surface area contributed by atoms with Crippen LogP contribution in [0.1, 0.15) is 30.4 Å². The van der Waals surface area contributed by atoms with Crippen molar-refractivity contribution in [3.8, 4) is 34.0 Å². The third kappa shape index (κ3) is 5.79. The van der Waals surface area contributed by atoms with E-state index in [2.05, 4.69) is 15.7 Å². The Labute approximate surface area is 217 Å². The van der Waals surface area contributed by atoms with Crippen LogP contribution < -0.4 is 5.73 Å². The molecule has 7 N–H and O–H groups in total. The van der Waals surface area contributed by atoms with Crippen molar-refractivity contribution in [2.75, 3.05) is 13.7 Å². The van der Waals surface area contributed by atoms with Gasteiger partial charge in [0.05, 0.1) is 35.5 Å². The number of aromatic amines is 1. The molecule has 38 heavy (non-hydrogen) atoms. The molecule has 1 unspecified atom stereocenters. The van der Waals surface area contributed by atoms with E-state index in [4.69, 9.17) is 10.1 Å². The van der Waals surface area contributed by atoms with Crippen LogP contribution in [-0.2, 0) is 14.3 Å². The predicted molar refractivity (Wildman–Crippen MR) is 140 cm³/mol. The van der Waals surface area contributed by atoms with Crippen molar-refractivity contribution in [2.45, 2.75) is 19.3 Å². The van der Waals surface area contributed by atoms with E-state index in [9.17, 15) is 29.3 Å². The molecule has 4 aromatic rings. The van der Waals surface area contributed by atoms with Crippen LogP contribution >= 0.6 is 0 Å². The smallest absolute Gasteiger partial charge is 0.311 e. The van der Waals surface area contributed by atoms with E-state index >= 15 is 0 Å². The van der Waals surface area contributed by atoms with Gasteiger partial charge in [0.2, 0.25) is 0 Å². The number of aliphatic carboxylic acids is 1. The van der Waals surface area contributed by atoms with Crippen molar-refractivity contribution in [3.05, 3.63) is 65.5 Å². The third-order valence-electron chi connectivity index (χ3n) is 5.69. The largest absolute Gasteiger partial charge is 0.507 e. The predicted octanol–water partition coefficient (Wildman–Crippen LogP) is 4.14. The molecule has 0 radical (unpaired) electrons. The van der Waals surface area contributed by atoms with Gasteiger partial charge in [0.1, 0.15) is 23.1 Å². The molecule has 3 aromatic carbocycles. The number of phenolic OH excluding ortho intramolecular Hbond substituents is 2. The Bertz CT molecular complexity index is 1500. The van der Waals surface area contributed by atoms with E-state index in [1.165, 1.54) is 19.2 Å². The fourth-order valence-electron chi connectivity index (χ4n) is 3.95. The zero-order chi connectivity index (χ0) is 28.0. The molecule has 198 valence electrons. The second-order valence-corrected chi connectivity index (χ2v) is 8.03. The van der Waals surface area contributed by atoms with E-state index < -0.39 is 30.1 Å². The first-order chi connectivity index (χ1) is 18.2. The van der Waals surface area contributed by atoms with Gasteiger partial charge < -0.3 is 36.2 Å². The van der Waals surface area contributed by atoms with Crippen LogP contribution in [0, 0.1) is 11.2 Å². The van der Waals surface area contributed by atoms with Crippen LogP contribution in [0.15, 0.2) is 48.5 Å². The van der Waals surface area contributed by atoms with E-state index in [1.807, 2.05) is 0 Å². The van der Waals surface area contributed by atoms with Crippen LogP contribution in [-0.4, -0.2) is 57.1 Å². The summed E-state index contributed by atoms with van der Waals surface area (Å²) in [5.74, 6) is -4.63. The maximum absolute atomic E-state index is 14.1. The first-order valence-corrected chi connectivity index (χ1v) is 11.5. The Balaban J connectivity index is 0.00000195. The van der Waals surface area contributed by atoms with Crippen LogP contribution in [0.4, 0.5) is 4.39 Å². The Morgan fingerprint density at radius 1 is 1.11 bits per heavy atom. The first-order valence-electron chi connectivity index (χ1n) is 11.5. The van der Waals surface area contributed by atoms with Gasteiger partial charge in [-0.25, -0.2) is 9.37 Å². The van der Waals surface area contributed by atoms with Crippen molar-refractivity contribution in [1.29, 1.82) is 5.41 Å². The molecule has 1 heterocycles. The summed E-state index contributed by atoms with van der Waals surface area (Å²) < 4.78 is 19.0. The highest BCUT2D eigenvalue weighted by Crippen LogP contribution is 2.43. The van der Waals surface area contributed by atoms with Crippen LogP contribution in [0.5, 0.6) is 11.5 Å². The highest BCUT2D eigenvalue weighted by Gasteiger charge is 2.28. The number of hydrogen-bond acceptors (Lipinski definition) is 8. The molecule has 11 heteroatoms. The van der Waals surface area contributed by atoms with E-state index in [-0.39, 0.29) is 46.2 Å². The molecule has 0 saturated heterocycles. The number of rotatable bonds is 8. The molecule has 0 saturated carbocycles. The zero-order valence-electron chi connectivity index (χ0n) is 20.7. The normalized spacial score (nSPS) is 11.4. The monoisotopic (exact) mass is 522 g/mol. The van der Waals surface area contributed by atoms with E-state index in [0.717, 1.165) is 24.4 Å². The summed E-state index contributed by atoms with van der Waals surface area (Å²) in [7, 11) is 1.50. The number of carbonyl (C=O) groups is 2. The number of nitrogens with two attached hydrogens (primary N) is 1. The lowest BCUT2D eigenvalue weighted by Crippen LogP contribution is -2.18. The second kappa shape index (κ2) is 12.0. The number of aromatic nitrogens is 2. The number of esters is 1. The number of fused-ring (bicyclic) bond motifs is 1. The number of nitrogens with one attached hydrogen (secondary N) is 2. The number of aromatic hydroxyl groups is 2. The van der Waals surface area contributed by atoms with E-state index in [1.54, 1.807) is 25.1 Å². The number of benzene rings is 3. The molecule has 0 amide bonds. The van der Waals surface area contributed by atoms with Gasteiger partial charge in [0.15, 0.2) is 0 Å². The average Bonchev–Trinajstić information content (AvgIpc) is 3.33. The Morgan fingerprint density at radius 2 is 1.82 bits per heavy atom. The second-order valence-electron chi connectivity index (χ2n) is 8.03. The number of ether oxygens (including phenoxy) is 1. The number of halogens is 1. The minimum Gasteiger partial charge on any atom is -0.507 e. The first kappa shape index (κ1) is 27.8. The molecule has 0 aliphatic heterocycles. The minimum atomic E-state index is -1.35. The Hall–Kier alpha value is -4.77. The summed E-state index contributed by atoms with van der Waals surface area (Å²) in [4.78, 5) is 31.8. The fourth-order valence-corrected chi connectivity index (χ4v) is 3.95. The van der Waals surface area contributed by atoms with Crippen molar-refractivity contribution < 1.29 is 34.0 Å². The molecular formula is C27H27FN4O6. The highest BCUT2D eigenvalue weighted by atomic mass is 19.1. The SMILES string of the molecule is CCOC(=O)CC(C(=O)O)c1cc(-c2nc3ccc(C=N)cc3[nH]2)c(O)c(-c2cc(F)ccc2O)c1.CN. The van der Waals surface area contributed by atoms with Crippen LogP contribution in [0.3, 0.4) is 0 Å². The quantitative estimate of drug-likeness (QED) is 0.147. The molecule has 1 aromatic heterocycles. The zero-order valence-corrected chi connectivity index (χ0v) is 20.7. The Morgan fingerprint density at radius 3 is 2.47 bits per heavy atom. The number of H-pyrrole nitrogens is 1. The molecule has 0 fully saturated rings. The van der Waals surface area contributed by atoms with Gasteiger partial charge in [-0.3, -0.25) is 9.59 Å². The average molecular weight is 523 g/mol. The molecule has 0 aliphatic carbocycles. The van der Waals surface area contributed by atoms with Gasteiger partial charge in [-0.1, -0.05) is 6.07 Å². The third-order valence-corrected chi connectivity index (χ3v) is 5.69. The number of nitrogens with zero attached hydrogens (tertiary/aromatic N) is 1. The van der Waals surface area contributed by atoms with Crippen LogP contribution in [0.2, 0.25) is 0 Å². The molecule has 0 spiro atoms. The van der Waals surface area contributed by atoms with E-state index in [0.29, 0.717) is 16.6 Å². The molecule has 0 aliphatic rings. The topological polar surface area (TPSA) is 183 Å². The van der Waals surface area contributed by atoms with Gasteiger partial charge in [0.25, 0.3) is 0 Å². The van der Waals surface area contributed by atoms with Gasteiger partial charge in [-0.05, 0) is 67.6 Å². The highest BCUT2D eigenvalue weighted by molar-refractivity contribution is 5.91. The van der Waals surface area contributed by atoms with Gasteiger partial charge in [0, 0.05) is 17.3 Å². The molecule has 0 bridgehead atoms. The summed E-state index contributed by atoms with van der Waals surface area (Å²) in [5, 5.41) is 38.9. The minimum absolute atomic E-state index is 0.0461. The fraction of sp³-hybridized carbons (Fsp3) is 0.185. The summed E-state index contributed by atoms with van der Waals surface area (Å²) in [5.41, 5.74) is 6.27. The summed E-state index contributed by atoms with van der Waals surface area (Å²) in [6.45, 7) is 1.67. The standard InChI is InChI=1S/C26H22FN3O6.CH5N/c1-2-36-23(32)11-16(26(34)35)14-8-18(17-10-15(27)4-6-22(17)31)24(33)19(9-14)25-29-20-5-3-13(12-28)7-21(20)30-25;1-2/h3-10,12,16,28,31,33H,2,11H2,1H3,(H,29,30)(H,34,35);2H2,1H3. The number of carboxylic acids is 1. The molecule has 1 atom stereocenters. The van der Waals surface area contributed by atoms with Crippen molar-refractivity contribution in [1.82, 2.24) is 9.97 Å². The van der Waals surface area contributed by atoms with Gasteiger partial charge in [-0.15, -0.1) is 0 Å². The molecular weight excluding hydrogens is 495 g/mol. The Kier molecular flexibility index (Phi) is 8.77. The maximum atomic E-state index is 14.1. The number of phenols is 2. The lowest BCUT2D eigenvalue weighted by atomic mass is 9.89. The molecule has 10 nitrogen and oxygen atoms in total. The number of carbonyl (C=O) groups excluding carboxylic acids is 1. The number of imidazole rings is 1.